The van der Waals surface area contributed by atoms with E-state index >= 15 is 0 Å². The molecular formula is C33H24ClN3O3. The fraction of sp³-hybridized carbons (Fsp3) is 0.121. The summed E-state index contributed by atoms with van der Waals surface area (Å²) in [6.45, 7) is 0.544. The van der Waals surface area contributed by atoms with E-state index in [1.54, 1.807) is 36.4 Å². The molecule has 0 aliphatic heterocycles. The second-order valence-corrected chi connectivity index (χ2v) is 10.6. The van der Waals surface area contributed by atoms with Gasteiger partial charge >= 0.3 is 5.97 Å². The summed E-state index contributed by atoms with van der Waals surface area (Å²) in [4.78, 5) is 25.3. The largest absolute Gasteiger partial charge is 0.478 e. The summed E-state index contributed by atoms with van der Waals surface area (Å²) in [5.41, 5.74) is 5.28. The highest BCUT2D eigenvalue weighted by molar-refractivity contribution is 6.30. The molecule has 1 amide bonds. The van der Waals surface area contributed by atoms with Crippen molar-refractivity contribution in [3.05, 3.63) is 130 Å². The van der Waals surface area contributed by atoms with Crippen molar-refractivity contribution in [3.8, 4) is 17.2 Å². The third kappa shape index (κ3) is 4.84. The molecule has 1 saturated carbocycles. The maximum absolute atomic E-state index is 14.0. The van der Waals surface area contributed by atoms with Gasteiger partial charge in [-0.25, -0.2) is 4.79 Å². The monoisotopic (exact) mass is 545 g/mol. The van der Waals surface area contributed by atoms with E-state index in [1.165, 1.54) is 0 Å². The number of benzene rings is 4. The van der Waals surface area contributed by atoms with Crippen LogP contribution in [0.5, 0.6) is 0 Å². The van der Waals surface area contributed by atoms with Gasteiger partial charge in [0.15, 0.2) is 0 Å². The zero-order valence-electron chi connectivity index (χ0n) is 21.4. The minimum atomic E-state index is -0.983. The zero-order chi connectivity index (χ0) is 27.9. The Labute approximate surface area is 236 Å². The van der Waals surface area contributed by atoms with Gasteiger partial charge in [-0.1, -0.05) is 48.0 Å². The van der Waals surface area contributed by atoms with Crippen LogP contribution in [0.1, 0.15) is 50.2 Å². The number of aromatic nitrogens is 1. The quantitative estimate of drug-likeness (QED) is 0.230. The number of rotatable bonds is 7. The molecular weight excluding hydrogens is 522 g/mol. The summed E-state index contributed by atoms with van der Waals surface area (Å²) < 4.78 is 2.06. The molecule has 0 atom stereocenters. The summed E-state index contributed by atoms with van der Waals surface area (Å²) in [5, 5.41) is 23.3. The first-order valence-corrected chi connectivity index (χ1v) is 13.3. The lowest BCUT2D eigenvalue weighted by Crippen LogP contribution is -2.35. The average molecular weight is 546 g/mol. The average Bonchev–Trinajstić information content (AvgIpc) is 3.64. The molecule has 40 heavy (non-hydrogen) atoms. The molecule has 0 unspecified atom stereocenters. The Kier molecular flexibility index (Phi) is 6.37. The van der Waals surface area contributed by atoms with Crippen LogP contribution in [0.15, 0.2) is 97.2 Å². The smallest absolute Gasteiger partial charge is 0.335 e. The van der Waals surface area contributed by atoms with Crippen LogP contribution in [-0.4, -0.2) is 21.6 Å². The van der Waals surface area contributed by atoms with Crippen molar-refractivity contribution in [2.45, 2.75) is 24.9 Å². The van der Waals surface area contributed by atoms with E-state index in [1.807, 2.05) is 54.7 Å². The number of nitrogens with one attached hydrogen (secondary N) is 1. The van der Waals surface area contributed by atoms with E-state index in [-0.39, 0.29) is 11.5 Å². The van der Waals surface area contributed by atoms with Crippen molar-refractivity contribution < 1.29 is 14.7 Å². The summed E-state index contributed by atoms with van der Waals surface area (Å²) in [6, 6.07) is 29.8. The molecule has 0 saturated heterocycles. The van der Waals surface area contributed by atoms with Crippen LogP contribution < -0.4 is 5.32 Å². The summed E-state index contributed by atoms with van der Waals surface area (Å²) in [5.74, 6) is -1.19. The highest BCUT2D eigenvalue weighted by Crippen LogP contribution is 2.46. The molecule has 7 heteroatoms. The summed E-state index contributed by atoms with van der Waals surface area (Å²) in [7, 11) is 0. The summed E-state index contributed by atoms with van der Waals surface area (Å²) in [6.07, 6.45) is 3.52. The molecule has 0 radical (unpaired) electrons. The Balaban J connectivity index is 1.41. The second-order valence-electron chi connectivity index (χ2n) is 10.1. The zero-order valence-corrected chi connectivity index (χ0v) is 22.2. The number of nitriles is 1. The standard InChI is InChI=1S/C33H24ClN3O3/c34-28-3-1-2-22(16-28)20-37-15-12-25-17-26(23-6-4-21(19-35)5-7-23)18-29(30(25)37)31(38)36-33(13-14-33)27-10-8-24(9-11-27)32(39)40/h1-12,15-18H,13-14,20H2,(H,36,38)(H,39,40). The lowest BCUT2D eigenvalue weighted by atomic mass is 9.98. The first-order chi connectivity index (χ1) is 19.3. The van der Waals surface area contributed by atoms with Crippen LogP contribution in [0.3, 0.4) is 0 Å². The van der Waals surface area contributed by atoms with Gasteiger partial charge in [0, 0.05) is 23.2 Å². The van der Waals surface area contributed by atoms with E-state index in [9.17, 15) is 20.0 Å². The number of carbonyl (C=O) groups excluding carboxylic acids is 1. The fourth-order valence-corrected chi connectivity index (χ4v) is 5.43. The molecule has 196 valence electrons. The Morgan fingerprint density at radius 2 is 1.70 bits per heavy atom. The highest BCUT2D eigenvalue weighted by Gasteiger charge is 2.46. The van der Waals surface area contributed by atoms with Gasteiger partial charge in [-0.3, -0.25) is 4.79 Å². The van der Waals surface area contributed by atoms with Crippen LogP contribution in [-0.2, 0) is 12.1 Å². The number of aromatic carboxylic acids is 1. The van der Waals surface area contributed by atoms with Crippen LogP contribution in [0.25, 0.3) is 22.0 Å². The van der Waals surface area contributed by atoms with E-state index in [4.69, 9.17) is 11.6 Å². The Bertz CT molecular complexity index is 1810. The van der Waals surface area contributed by atoms with Crippen molar-refractivity contribution in [2.75, 3.05) is 0 Å². The van der Waals surface area contributed by atoms with Crippen LogP contribution >= 0.6 is 11.6 Å². The van der Waals surface area contributed by atoms with Crippen molar-refractivity contribution in [3.63, 3.8) is 0 Å². The number of halogens is 1. The molecule has 1 aliphatic carbocycles. The molecule has 6 rings (SSSR count). The number of carboxylic acids is 1. The molecule has 1 fully saturated rings. The number of hydrogen-bond donors (Lipinski definition) is 2. The molecule has 0 bridgehead atoms. The topological polar surface area (TPSA) is 95.1 Å². The van der Waals surface area contributed by atoms with E-state index in [2.05, 4.69) is 22.0 Å². The molecule has 2 N–H and O–H groups in total. The third-order valence-electron chi connectivity index (χ3n) is 7.48. The Morgan fingerprint density at radius 1 is 0.950 bits per heavy atom. The third-order valence-corrected chi connectivity index (χ3v) is 7.72. The predicted octanol–water partition coefficient (Wildman–Crippen LogP) is 7.00. The van der Waals surface area contributed by atoms with Gasteiger partial charge < -0.3 is 15.0 Å². The van der Waals surface area contributed by atoms with Gasteiger partial charge in [-0.2, -0.15) is 5.26 Å². The molecule has 1 aromatic heterocycles. The van der Waals surface area contributed by atoms with Crippen molar-refractivity contribution in [1.82, 2.24) is 9.88 Å². The normalized spacial score (nSPS) is 13.5. The number of hydrogen-bond acceptors (Lipinski definition) is 3. The summed E-state index contributed by atoms with van der Waals surface area (Å²) >= 11 is 6.23. The molecule has 5 aromatic rings. The number of fused-ring (bicyclic) bond motifs is 1. The van der Waals surface area contributed by atoms with E-state index in [0.717, 1.165) is 46.0 Å². The molecule has 1 heterocycles. The Morgan fingerprint density at radius 3 is 2.35 bits per heavy atom. The SMILES string of the molecule is N#Cc1ccc(-c2cc(C(=O)NC3(c4ccc(C(=O)O)cc4)CC3)c3c(ccn3Cc3cccc(Cl)c3)c2)cc1. The Hall–Kier alpha value is -4.86. The van der Waals surface area contributed by atoms with Gasteiger partial charge in [-0.15, -0.1) is 0 Å². The lowest BCUT2D eigenvalue weighted by Gasteiger charge is -2.20. The van der Waals surface area contributed by atoms with Gasteiger partial charge in [0.05, 0.1) is 33.8 Å². The number of carbonyl (C=O) groups is 2. The van der Waals surface area contributed by atoms with Gasteiger partial charge in [0.25, 0.3) is 5.91 Å². The van der Waals surface area contributed by atoms with Gasteiger partial charge in [-0.05, 0) is 89.7 Å². The number of amides is 1. The van der Waals surface area contributed by atoms with Crippen LogP contribution in [0.2, 0.25) is 5.02 Å². The van der Waals surface area contributed by atoms with Crippen LogP contribution in [0.4, 0.5) is 0 Å². The lowest BCUT2D eigenvalue weighted by molar-refractivity contribution is 0.0696. The molecule has 4 aromatic carbocycles. The first kappa shape index (κ1) is 25.4. The number of nitrogens with zero attached hydrogens (tertiary/aromatic N) is 2. The molecule has 6 nitrogen and oxygen atoms in total. The van der Waals surface area contributed by atoms with E-state index in [0.29, 0.717) is 22.7 Å². The van der Waals surface area contributed by atoms with Crippen molar-refractivity contribution in [2.24, 2.45) is 0 Å². The molecule has 0 spiro atoms. The highest BCUT2D eigenvalue weighted by atomic mass is 35.5. The van der Waals surface area contributed by atoms with Crippen molar-refractivity contribution in [1.29, 1.82) is 5.26 Å². The minimum absolute atomic E-state index is 0.202. The minimum Gasteiger partial charge on any atom is -0.478 e. The first-order valence-electron chi connectivity index (χ1n) is 12.9. The van der Waals surface area contributed by atoms with Crippen LogP contribution in [0, 0.1) is 11.3 Å². The van der Waals surface area contributed by atoms with E-state index < -0.39 is 11.5 Å². The predicted molar refractivity (Wildman–Crippen MR) is 154 cm³/mol. The maximum Gasteiger partial charge on any atom is 0.335 e. The van der Waals surface area contributed by atoms with Gasteiger partial charge in [0.1, 0.15) is 0 Å². The maximum atomic E-state index is 14.0. The van der Waals surface area contributed by atoms with Crippen molar-refractivity contribution >= 4 is 34.4 Å². The fourth-order valence-electron chi connectivity index (χ4n) is 5.22. The molecule has 1 aliphatic rings. The second kappa shape index (κ2) is 10.0. The number of carboxylic acid groups (broad SMARTS) is 1. The van der Waals surface area contributed by atoms with Gasteiger partial charge in [0.2, 0.25) is 0 Å².